The molecule has 6 nitrogen and oxygen atoms in total. The molecule has 1 amide bonds. The lowest BCUT2D eigenvalue weighted by Crippen LogP contribution is -2.35. The molecule has 1 rings (SSSR count). The zero-order chi connectivity index (χ0) is 13.5. The molecule has 0 fully saturated rings. The van der Waals surface area contributed by atoms with E-state index in [9.17, 15) is 9.59 Å². The van der Waals surface area contributed by atoms with Gasteiger partial charge in [0.1, 0.15) is 6.54 Å². The number of carboxylic acid groups (broad SMARTS) is 1. The number of nitrogens with zero attached hydrogens (tertiary/aromatic N) is 1. The Bertz CT molecular complexity index is 432. The second-order valence-corrected chi connectivity index (χ2v) is 3.58. The van der Waals surface area contributed by atoms with Crippen LogP contribution in [0.25, 0.3) is 0 Å². The van der Waals surface area contributed by atoms with Crippen LogP contribution in [-0.2, 0) is 9.59 Å². The van der Waals surface area contributed by atoms with Gasteiger partial charge in [-0.3, -0.25) is 9.59 Å². The van der Waals surface area contributed by atoms with Gasteiger partial charge in [-0.25, -0.2) is 0 Å². The van der Waals surface area contributed by atoms with Crippen LogP contribution >= 0.6 is 0 Å². The van der Waals surface area contributed by atoms with Crippen molar-refractivity contribution in [1.29, 1.82) is 0 Å². The third-order valence-corrected chi connectivity index (χ3v) is 2.22. The maximum Gasteiger partial charge on any atom is 0.323 e. The number of aliphatic carboxylic acids is 1. The maximum absolute atomic E-state index is 11.5. The van der Waals surface area contributed by atoms with Crippen molar-refractivity contribution >= 4 is 11.9 Å². The van der Waals surface area contributed by atoms with Gasteiger partial charge in [0, 0.05) is 7.05 Å². The van der Waals surface area contributed by atoms with E-state index < -0.39 is 11.9 Å². The Morgan fingerprint density at radius 3 is 2.44 bits per heavy atom. The second-order valence-electron chi connectivity index (χ2n) is 3.58. The molecule has 0 saturated heterocycles. The zero-order valence-corrected chi connectivity index (χ0v) is 10.3. The summed E-state index contributed by atoms with van der Waals surface area (Å²) in [6, 6.07) is 6.91. The number of para-hydroxylation sites is 2. The fraction of sp³-hybridized carbons (Fsp3) is 0.333. The average Bonchev–Trinajstić information content (AvgIpc) is 2.35. The second kappa shape index (κ2) is 6.48. The van der Waals surface area contributed by atoms with Crippen LogP contribution in [0.3, 0.4) is 0 Å². The highest BCUT2D eigenvalue weighted by molar-refractivity contribution is 5.82. The Balaban J connectivity index is 2.54. The molecule has 0 aliphatic rings. The molecular formula is C12H15NO5. The number of carbonyl (C=O) groups is 2. The standard InChI is InChI=1S/C12H15NO5/c1-13(7-12(15)16)11(14)8-18-10-6-4-3-5-9(10)17-2/h3-6H,7-8H2,1-2H3,(H,15,16). The van der Waals surface area contributed by atoms with Crippen molar-refractivity contribution in [2.75, 3.05) is 27.3 Å². The van der Waals surface area contributed by atoms with E-state index in [1.165, 1.54) is 14.2 Å². The topological polar surface area (TPSA) is 76.1 Å². The van der Waals surface area contributed by atoms with Gasteiger partial charge in [-0.1, -0.05) is 12.1 Å². The number of amides is 1. The number of benzene rings is 1. The van der Waals surface area contributed by atoms with E-state index in [2.05, 4.69) is 0 Å². The first-order chi connectivity index (χ1) is 8.54. The number of carboxylic acids is 1. The average molecular weight is 253 g/mol. The van der Waals surface area contributed by atoms with E-state index in [4.69, 9.17) is 14.6 Å². The summed E-state index contributed by atoms with van der Waals surface area (Å²) in [5.74, 6) is -0.519. The first-order valence-electron chi connectivity index (χ1n) is 5.26. The van der Waals surface area contributed by atoms with Crippen molar-refractivity contribution in [1.82, 2.24) is 4.90 Å². The fourth-order valence-corrected chi connectivity index (χ4v) is 1.28. The van der Waals surface area contributed by atoms with E-state index in [1.54, 1.807) is 24.3 Å². The number of methoxy groups -OCH3 is 1. The quantitative estimate of drug-likeness (QED) is 0.804. The predicted molar refractivity (Wildman–Crippen MR) is 63.8 cm³/mol. The number of hydrogen-bond acceptors (Lipinski definition) is 4. The molecule has 0 aliphatic carbocycles. The molecule has 0 aliphatic heterocycles. The molecule has 0 saturated carbocycles. The van der Waals surface area contributed by atoms with Gasteiger partial charge in [0.15, 0.2) is 18.1 Å². The highest BCUT2D eigenvalue weighted by Gasteiger charge is 2.13. The van der Waals surface area contributed by atoms with Gasteiger partial charge >= 0.3 is 5.97 Å². The zero-order valence-electron chi connectivity index (χ0n) is 10.3. The molecular weight excluding hydrogens is 238 g/mol. The van der Waals surface area contributed by atoms with Crippen LogP contribution in [0.2, 0.25) is 0 Å². The molecule has 0 atom stereocenters. The van der Waals surface area contributed by atoms with Gasteiger partial charge in [0.2, 0.25) is 0 Å². The van der Waals surface area contributed by atoms with Crippen molar-refractivity contribution in [2.45, 2.75) is 0 Å². The van der Waals surface area contributed by atoms with Crippen molar-refractivity contribution in [3.63, 3.8) is 0 Å². The molecule has 0 bridgehead atoms. The summed E-state index contributed by atoms with van der Waals surface area (Å²) in [5, 5.41) is 8.55. The highest BCUT2D eigenvalue weighted by Crippen LogP contribution is 2.25. The molecule has 0 radical (unpaired) electrons. The molecule has 1 aromatic rings. The number of hydrogen-bond donors (Lipinski definition) is 1. The summed E-state index contributed by atoms with van der Waals surface area (Å²) in [4.78, 5) is 23.1. The minimum atomic E-state index is -1.07. The van der Waals surface area contributed by atoms with E-state index in [0.29, 0.717) is 11.5 Å². The Morgan fingerprint density at radius 1 is 1.28 bits per heavy atom. The normalized spacial score (nSPS) is 9.67. The lowest BCUT2D eigenvalue weighted by Gasteiger charge is -2.15. The van der Waals surface area contributed by atoms with Gasteiger partial charge in [0.05, 0.1) is 7.11 Å². The van der Waals surface area contributed by atoms with Crippen LogP contribution in [0.4, 0.5) is 0 Å². The van der Waals surface area contributed by atoms with Crippen LogP contribution in [0.5, 0.6) is 11.5 Å². The molecule has 0 heterocycles. The van der Waals surface area contributed by atoms with E-state index in [0.717, 1.165) is 4.90 Å². The summed E-state index contributed by atoms with van der Waals surface area (Å²) in [7, 11) is 2.91. The molecule has 0 spiro atoms. The first kappa shape index (κ1) is 13.8. The minimum Gasteiger partial charge on any atom is -0.493 e. The Labute approximate surface area is 105 Å². The van der Waals surface area contributed by atoms with Gasteiger partial charge in [0.25, 0.3) is 5.91 Å². The molecule has 1 aromatic carbocycles. The number of carbonyl (C=O) groups excluding carboxylic acids is 1. The van der Waals surface area contributed by atoms with Crippen molar-refractivity contribution in [3.05, 3.63) is 24.3 Å². The Morgan fingerprint density at radius 2 is 1.89 bits per heavy atom. The molecule has 6 heteroatoms. The van der Waals surface area contributed by atoms with Crippen LogP contribution in [0, 0.1) is 0 Å². The van der Waals surface area contributed by atoms with Crippen LogP contribution in [0.1, 0.15) is 0 Å². The highest BCUT2D eigenvalue weighted by atomic mass is 16.5. The molecule has 98 valence electrons. The SMILES string of the molecule is COc1ccccc1OCC(=O)N(C)CC(=O)O. The van der Waals surface area contributed by atoms with Crippen molar-refractivity contribution in [3.8, 4) is 11.5 Å². The van der Waals surface area contributed by atoms with E-state index >= 15 is 0 Å². The number of rotatable bonds is 6. The summed E-state index contributed by atoms with van der Waals surface area (Å²) < 4.78 is 10.3. The third-order valence-electron chi connectivity index (χ3n) is 2.22. The largest absolute Gasteiger partial charge is 0.493 e. The van der Waals surface area contributed by atoms with Crippen LogP contribution in [-0.4, -0.2) is 49.2 Å². The fourth-order valence-electron chi connectivity index (χ4n) is 1.28. The Hall–Kier alpha value is -2.24. The maximum atomic E-state index is 11.5. The first-order valence-corrected chi connectivity index (χ1v) is 5.26. The van der Waals surface area contributed by atoms with Crippen LogP contribution in [0.15, 0.2) is 24.3 Å². The molecule has 0 aromatic heterocycles. The number of likely N-dealkylation sites (N-methyl/N-ethyl adjacent to an activating group) is 1. The monoisotopic (exact) mass is 253 g/mol. The predicted octanol–water partition coefficient (Wildman–Crippen LogP) is 0.617. The molecule has 18 heavy (non-hydrogen) atoms. The Kier molecular flexibility index (Phi) is 4.98. The summed E-state index contributed by atoms with van der Waals surface area (Å²) in [6.45, 7) is -0.585. The van der Waals surface area contributed by atoms with Crippen LogP contribution < -0.4 is 9.47 Å². The van der Waals surface area contributed by atoms with Gasteiger partial charge in [-0.15, -0.1) is 0 Å². The lowest BCUT2D eigenvalue weighted by molar-refractivity contribution is -0.144. The van der Waals surface area contributed by atoms with Gasteiger partial charge < -0.3 is 19.5 Å². The smallest absolute Gasteiger partial charge is 0.323 e. The van der Waals surface area contributed by atoms with E-state index in [1.807, 2.05) is 0 Å². The summed E-state index contributed by atoms with van der Waals surface area (Å²) >= 11 is 0. The summed E-state index contributed by atoms with van der Waals surface area (Å²) in [6.07, 6.45) is 0. The lowest BCUT2D eigenvalue weighted by atomic mass is 10.3. The summed E-state index contributed by atoms with van der Waals surface area (Å²) in [5.41, 5.74) is 0. The van der Waals surface area contributed by atoms with Crippen molar-refractivity contribution < 1.29 is 24.2 Å². The van der Waals surface area contributed by atoms with Gasteiger partial charge in [-0.2, -0.15) is 0 Å². The third kappa shape index (κ3) is 3.97. The molecule has 1 N–H and O–H groups in total. The number of ether oxygens (including phenoxy) is 2. The minimum absolute atomic E-state index is 0.232. The van der Waals surface area contributed by atoms with E-state index in [-0.39, 0.29) is 13.2 Å². The van der Waals surface area contributed by atoms with Gasteiger partial charge in [-0.05, 0) is 12.1 Å². The van der Waals surface area contributed by atoms with Crippen molar-refractivity contribution in [2.24, 2.45) is 0 Å². The molecule has 0 unspecified atom stereocenters.